The minimum atomic E-state index is -0.642. The molecule has 0 spiro atoms. The van der Waals surface area contributed by atoms with E-state index >= 15 is 0 Å². The van der Waals surface area contributed by atoms with Crippen molar-refractivity contribution in [3.8, 4) is 0 Å². The predicted octanol–water partition coefficient (Wildman–Crippen LogP) is 8.29. The number of allylic oxidation sites excluding steroid dienone is 5. The van der Waals surface area contributed by atoms with Crippen molar-refractivity contribution in [1.82, 2.24) is 0 Å². The minimum absolute atomic E-state index is 0.0980. The molecule has 3 atom stereocenters. The molecule has 0 fully saturated rings. The molecule has 0 saturated heterocycles. The topological polar surface area (TPSA) is 47.9 Å². The number of aliphatic hydroxyl groups is 1. The summed E-state index contributed by atoms with van der Waals surface area (Å²) in [6, 6.07) is 6.76. The van der Waals surface area contributed by atoms with Crippen LogP contribution in [0.25, 0.3) is 6.08 Å². The molecule has 0 bridgehead atoms. The number of methoxy groups -OCH3 is 1. The van der Waals surface area contributed by atoms with E-state index < -0.39 is 11.9 Å². The highest BCUT2D eigenvalue weighted by molar-refractivity contribution is 5.57. The van der Waals surface area contributed by atoms with Crippen LogP contribution in [0.4, 0.5) is 0 Å². The Hall–Kier alpha value is -2.14. The molecule has 1 N–H and O–H groups in total. The van der Waals surface area contributed by atoms with Crippen molar-refractivity contribution >= 4 is 6.08 Å². The van der Waals surface area contributed by atoms with Crippen molar-refractivity contribution in [2.24, 2.45) is 11.3 Å². The van der Waals surface area contributed by atoms with Gasteiger partial charge in [0.2, 0.25) is 0 Å². The van der Waals surface area contributed by atoms with E-state index in [1.54, 1.807) is 7.11 Å². The average molecular weight is 525 g/mol. The third kappa shape index (κ3) is 8.18. The fourth-order valence-corrected chi connectivity index (χ4v) is 4.88. The standard InChI is InChI=1S/C34H52O4/c1-12-34(13-2,29-18-15-27(25(4)22-29)16-21-31(35)32(6,7)8)28-17-14-24(3)30(20-19-28)37-23-26(5)38-33(9,10)36-11/h14-22,24,26,31,35H,12-13,23H2,1-11H3/b21-16+. The lowest BCUT2D eigenvalue weighted by molar-refractivity contribution is -0.226. The van der Waals surface area contributed by atoms with E-state index in [0.717, 1.165) is 24.2 Å². The molecular formula is C34H52O4. The molecule has 1 aliphatic rings. The van der Waals surface area contributed by atoms with Gasteiger partial charge in [-0.05, 0) is 74.3 Å². The first-order valence-electron chi connectivity index (χ1n) is 14.1. The van der Waals surface area contributed by atoms with Gasteiger partial charge in [-0.25, -0.2) is 0 Å². The van der Waals surface area contributed by atoms with Crippen molar-refractivity contribution < 1.29 is 19.3 Å². The van der Waals surface area contributed by atoms with Gasteiger partial charge in [-0.15, -0.1) is 0 Å². The van der Waals surface area contributed by atoms with E-state index in [4.69, 9.17) is 14.2 Å². The van der Waals surface area contributed by atoms with Crippen molar-refractivity contribution in [3.63, 3.8) is 0 Å². The van der Waals surface area contributed by atoms with Gasteiger partial charge in [0.05, 0.1) is 12.2 Å². The van der Waals surface area contributed by atoms with E-state index in [1.807, 2.05) is 53.7 Å². The van der Waals surface area contributed by atoms with Gasteiger partial charge in [-0.3, -0.25) is 0 Å². The summed E-state index contributed by atoms with van der Waals surface area (Å²) >= 11 is 0. The molecule has 0 amide bonds. The molecule has 212 valence electrons. The van der Waals surface area contributed by atoms with Crippen LogP contribution >= 0.6 is 0 Å². The Labute approximate surface area is 232 Å². The van der Waals surface area contributed by atoms with Gasteiger partial charge >= 0.3 is 0 Å². The summed E-state index contributed by atoms with van der Waals surface area (Å²) in [5.74, 6) is 0.468. The summed E-state index contributed by atoms with van der Waals surface area (Å²) in [5.41, 5.74) is 4.69. The SMILES string of the molecule is CCC(CC)(C1=CC=C(OCC(C)OC(C)(C)OC)C(C)C=C1)c1ccc(/C=C/C(O)C(C)(C)C)c(C)c1. The first-order chi connectivity index (χ1) is 17.7. The fourth-order valence-electron chi connectivity index (χ4n) is 4.88. The number of ether oxygens (including phenoxy) is 3. The molecule has 4 nitrogen and oxygen atoms in total. The average Bonchev–Trinajstić information content (AvgIpc) is 3.04. The third-order valence-corrected chi connectivity index (χ3v) is 7.83. The van der Waals surface area contributed by atoms with Gasteiger partial charge in [0.25, 0.3) is 0 Å². The lowest BCUT2D eigenvalue weighted by Gasteiger charge is -2.34. The normalized spacial score (nSPS) is 18.7. The lowest BCUT2D eigenvalue weighted by atomic mass is 9.69. The Morgan fingerprint density at radius 3 is 2.26 bits per heavy atom. The zero-order valence-corrected chi connectivity index (χ0v) is 25.7. The van der Waals surface area contributed by atoms with E-state index in [-0.39, 0.29) is 22.9 Å². The maximum absolute atomic E-state index is 10.4. The molecule has 1 aromatic rings. The number of benzene rings is 1. The Balaban J connectivity index is 2.32. The first kappa shape index (κ1) is 32.1. The fraction of sp³-hybridized carbons (Fsp3) is 0.588. The molecular weight excluding hydrogens is 472 g/mol. The van der Waals surface area contributed by atoms with Crippen LogP contribution in [0.5, 0.6) is 0 Å². The molecule has 3 unspecified atom stereocenters. The van der Waals surface area contributed by atoms with Gasteiger partial charge in [0.15, 0.2) is 5.79 Å². The van der Waals surface area contributed by atoms with E-state index in [2.05, 4.69) is 70.2 Å². The second-order valence-corrected chi connectivity index (χ2v) is 12.2. The number of rotatable bonds is 12. The van der Waals surface area contributed by atoms with Crippen LogP contribution < -0.4 is 0 Å². The summed E-state index contributed by atoms with van der Waals surface area (Å²) < 4.78 is 17.6. The van der Waals surface area contributed by atoms with Crippen LogP contribution in [0, 0.1) is 18.3 Å². The monoisotopic (exact) mass is 524 g/mol. The molecule has 38 heavy (non-hydrogen) atoms. The van der Waals surface area contributed by atoms with Gasteiger partial charge < -0.3 is 19.3 Å². The summed E-state index contributed by atoms with van der Waals surface area (Å²) in [4.78, 5) is 0. The van der Waals surface area contributed by atoms with Crippen molar-refractivity contribution in [2.45, 2.75) is 105 Å². The van der Waals surface area contributed by atoms with Gasteiger partial charge in [-0.1, -0.05) is 90.1 Å². The molecule has 0 aromatic heterocycles. The molecule has 1 aromatic carbocycles. The summed E-state index contributed by atoms with van der Waals surface area (Å²) in [6.45, 7) is 21.3. The summed E-state index contributed by atoms with van der Waals surface area (Å²) in [5, 5.41) is 10.4. The van der Waals surface area contributed by atoms with Crippen LogP contribution in [0.15, 0.2) is 59.9 Å². The molecule has 0 radical (unpaired) electrons. The first-order valence-corrected chi connectivity index (χ1v) is 14.1. The number of hydrogen-bond acceptors (Lipinski definition) is 4. The highest BCUT2D eigenvalue weighted by atomic mass is 16.7. The lowest BCUT2D eigenvalue weighted by Crippen LogP contribution is -2.33. The minimum Gasteiger partial charge on any atom is -0.495 e. The third-order valence-electron chi connectivity index (χ3n) is 7.83. The number of aryl methyl sites for hydroxylation is 1. The van der Waals surface area contributed by atoms with Crippen molar-refractivity contribution in [1.29, 1.82) is 0 Å². The molecule has 0 aliphatic heterocycles. The van der Waals surface area contributed by atoms with E-state index in [1.165, 1.54) is 16.7 Å². The highest BCUT2D eigenvalue weighted by Crippen LogP contribution is 2.42. The van der Waals surface area contributed by atoms with E-state index in [0.29, 0.717) is 6.61 Å². The second kappa shape index (κ2) is 13.3. The van der Waals surface area contributed by atoms with Gasteiger partial charge in [0.1, 0.15) is 12.4 Å². The molecule has 0 saturated carbocycles. The number of aliphatic hydroxyl groups excluding tert-OH is 1. The second-order valence-electron chi connectivity index (χ2n) is 12.2. The Kier molecular flexibility index (Phi) is 11.2. The zero-order valence-electron chi connectivity index (χ0n) is 25.7. The van der Waals surface area contributed by atoms with Crippen molar-refractivity contribution in [2.75, 3.05) is 13.7 Å². The molecule has 0 heterocycles. The van der Waals surface area contributed by atoms with Gasteiger partial charge in [0, 0.05) is 18.4 Å². The van der Waals surface area contributed by atoms with E-state index in [9.17, 15) is 5.11 Å². The quantitative estimate of drug-likeness (QED) is 0.279. The number of hydrogen-bond donors (Lipinski definition) is 1. The smallest absolute Gasteiger partial charge is 0.162 e. The largest absolute Gasteiger partial charge is 0.495 e. The van der Waals surface area contributed by atoms with Crippen LogP contribution in [0.1, 0.15) is 91.8 Å². The Morgan fingerprint density at radius 1 is 1.05 bits per heavy atom. The van der Waals surface area contributed by atoms with Crippen molar-refractivity contribution in [3.05, 3.63) is 76.6 Å². The highest BCUT2D eigenvalue weighted by Gasteiger charge is 2.32. The summed E-state index contributed by atoms with van der Waals surface area (Å²) in [6.07, 6.45) is 14.2. The molecule has 2 rings (SSSR count). The van der Waals surface area contributed by atoms with Crippen LogP contribution in [0.3, 0.4) is 0 Å². The Bertz CT molecular complexity index is 1030. The predicted molar refractivity (Wildman–Crippen MR) is 160 cm³/mol. The molecule has 1 aliphatic carbocycles. The zero-order chi connectivity index (χ0) is 28.7. The van der Waals surface area contributed by atoms with Gasteiger partial charge in [-0.2, -0.15) is 0 Å². The van der Waals surface area contributed by atoms with Crippen LogP contribution in [-0.2, 0) is 19.6 Å². The maximum Gasteiger partial charge on any atom is 0.162 e. The van der Waals surface area contributed by atoms with Crippen LogP contribution in [0.2, 0.25) is 0 Å². The maximum atomic E-state index is 10.4. The Morgan fingerprint density at radius 2 is 1.71 bits per heavy atom. The summed E-state index contributed by atoms with van der Waals surface area (Å²) in [7, 11) is 1.65. The van der Waals surface area contributed by atoms with Crippen LogP contribution in [-0.4, -0.2) is 36.8 Å². The molecule has 4 heteroatoms.